The molecular formula is C17H18N4O3. The molecule has 0 radical (unpaired) electrons. The molecular weight excluding hydrogens is 308 g/mol. The SMILES string of the molecule is Cc1ccc(NCC(=O)N/N=C\c2ccc([N+](=O)[O-])cc2)cc1C. The Bertz CT molecular complexity index is 770. The van der Waals surface area contributed by atoms with Gasteiger partial charge in [-0.3, -0.25) is 14.9 Å². The molecule has 24 heavy (non-hydrogen) atoms. The monoisotopic (exact) mass is 326 g/mol. The van der Waals surface area contributed by atoms with Crippen LogP contribution in [0, 0.1) is 24.0 Å². The first kappa shape index (κ1) is 17.1. The number of carbonyl (C=O) groups is 1. The molecule has 2 aromatic carbocycles. The molecule has 0 spiro atoms. The maximum absolute atomic E-state index is 11.7. The molecule has 7 heteroatoms. The molecule has 7 nitrogen and oxygen atoms in total. The van der Waals surface area contributed by atoms with E-state index in [1.54, 1.807) is 12.1 Å². The predicted molar refractivity (Wildman–Crippen MR) is 93.2 cm³/mol. The summed E-state index contributed by atoms with van der Waals surface area (Å²) in [5.41, 5.74) is 6.27. The van der Waals surface area contributed by atoms with Crippen molar-refractivity contribution in [2.24, 2.45) is 5.10 Å². The topological polar surface area (TPSA) is 96.6 Å². The average Bonchev–Trinajstić information content (AvgIpc) is 2.56. The normalized spacial score (nSPS) is 10.6. The molecule has 2 aromatic rings. The van der Waals surface area contributed by atoms with Gasteiger partial charge in [-0.2, -0.15) is 5.10 Å². The second-order valence-electron chi connectivity index (χ2n) is 5.29. The first-order valence-electron chi connectivity index (χ1n) is 7.33. The fourth-order valence-electron chi connectivity index (χ4n) is 1.93. The van der Waals surface area contributed by atoms with Gasteiger partial charge in [0.2, 0.25) is 0 Å². The third-order valence-corrected chi connectivity index (χ3v) is 3.47. The molecule has 0 aromatic heterocycles. The number of hydrogen-bond donors (Lipinski definition) is 2. The van der Waals surface area contributed by atoms with Gasteiger partial charge < -0.3 is 5.32 Å². The first-order chi connectivity index (χ1) is 11.5. The molecule has 0 heterocycles. The van der Waals surface area contributed by atoms with Crippen LogP contribution in [0.5, 0.6) is 0 Å². The number of amides is 1. The number of nitro groups is 1. The molecule has 0 atom stereocenters. The van der Waals surface area contributed by atoms with E-state index in [-0.39, 0.29) is 18.1 Å². The van der Waals surface area contributed by atoms with E-state index < -0.39 is 4.92 Å². The second-order valence-corrected chi connectivity index (χ2v) is 5.29. The zero-order valence-electron chi connectivity index (χ0n) is 13.4. The van der Waals surface area contributed by atoms with E-state index in [1.165, 1.54) is 23.9 Å². The standard InChI is InChI=1S/C17H18N4O3/c1-12-3-6-15(9-13(12)2)18-11-17(22)20-19-10-14-4-7-16(8-5-14)21(23)24/h3-10,18H,11H2,1-2H3,(H,20,22)/b19-10-. The molecule has 1 amide bonds. The molecule has 0 aliphatic carbocycles. The quantitative estimate of drug-likeness (QED) is 0.484. The van der Waals surface area contributed by atoms with Gasteiger partial charge in [0.15, 0.2) is 0 Å². The highest BCUT2D eigenvalue weighted by Crippen LogP contribution is 2.13. The van der Waals surface area contributed by atoms with Crippen molar-refractivity contribution in [1.82, 2.24) is 5.43 Å². The van der Waals surface area contributed by atoms with E-state index in [4.69, 9.17) is 0 Å². The van der Waals surface area contributed by atoms with E-state index in [0.717, 1.165) is 11.3 Å². The zero-order chi connectivity index (χ0) is 17.5. The Balaban J connectivity index is 1.81. The molecule has 0 saturated carbocycles. The third kappa shape index (κ3) is 4.91. The van der Waals surface area contributed by atoms with Gasteiger partial charge in [-0.05, 0) is 54.8 Å². The Morgan fingerprint density at radius 2 is 1.88 bits per heavy atom. The Labute approximate surface area is 139 Å². The number of non-ortho nitro benzene ring substituents is 1. The van der Waals surface area contributed by atoms with Crippen LogP contribution in [0.3, 0.4) is 0 Å². The first-order valence-corrected chi connectivity index (χ1v) is 7.33. The van der Waals surface area contributed by atoms with Crippen LogP contribution < -0.4 is 10.7 Å². The number of nitrogens with one attached hydrogen (secondary N) is 2. The Morgan fingerprint density at radius 1 is 1.17 bits per heavy atom. The molecule has 2 N–H and O–H groups in total. The van der Waals surface area contributed by atoms with Crippen molar-refractivity contribution in [3.05, 3.63) is 69.3 Å². The third-order valence-electron chi connectivity index (χ3n) is 3.47. The van der Waals surface area contributed by atoms with Crippen LogP contribution in [0.25, 0.3) is 0 Å². The summed E-state index contributed by atoms with van der Waals surface area (Å²) in [5.74, 6) is -0.286. The van der Waals surface area contributed by atoms with Crippen LogP contribution in [0.15, 0.2) is 47.6 Å². The largest absolute Gasteiger partial charge is 0.376 e. The average molecular weight is 326 g/mol. The van der Waals surface area contributed by atoms with E-state index in [2.05, 4.69) is 15.8 Å². The summed E-state index contributed by atoms with van der Waals surface area (Å²) in [7, 11) is 0. The molecule has 0 saturated heterocycles. The fourth-order valence-corrected chi connectivity index (χ4v) is 1.93. The summed E-state index contributed by atoms with van der Waals surface area (Å²) >= 11 is 0. The maximum Gasteiger partial charge on any atom is 0.269 e. The highest BCUT2D eigenvalue weighted by Gasteiger charge is 2.03. The number of rotatable bonds is 6. The lowest BCUT2D eigenvalue weighted by atomic mass is 10.1. The summed E-state index contributed by atoms with van der Waals surface area (Å²) in [6, 6.07) is 11.7. The molecule has 0 aliphatic rings. The summed E-state index contributed by atoms with van der Waals surface area (Å²) in [5, 5.41) is 17.4. The van der Waals surface area contributed by atoms with Gasteiger partial charge in [0.05, 0.1) is 17.7 Å². The van der Waals surface area contributed by atoms with E-state index >= 15 is 0 Å². The van der Waals surface area contributed by atoms with Gasteiger partial charge in [0.25, 0.3) is 11.6 Å². The zero-order valence-corrected chi connectivity index (χ0v) is 13.4. The second kappa shape index (κ2) is 7.87. The van der Waals surface area contributed by atoms with Crippen LogP contribution in [-0.4, -0.2) is 23.6 Å². The van der Waals surface area contributed by atoms with Crippen molar-refractivity contribution in [3.63, 3.8) is 0 Å². The van der Waals surface area contributed by atoms with E-state index in [1.807, 2.05) is 32.0 Å². The van der Waals surface area contributed by atoms with Gasteiger partial charge in [0.1, 0.15) is 0 Å². The minimum Gasteiger partial charge on any atom is -0.376 e. The number of nitrogens with zero attached hydrogens (tertiary/aromatic N) is 2. The van der Waals surface area contributed by atoms with Crippen molar-refractivity contribution >= 4 is 23.5 Å². The lowest BCUT2D eigenvalue weighted by molar-refractivity contribution is -0.384. The molecule has 2 rings (SSSR count). The molecule has 124 valence electrons. The summed E-state index contributed by atoms with van der Waals surface area (Å²) in [6.07, 6.45) is 1.43. The van der Waals surface area contributed by atoms with Crippen molar-refractivity contribution in [3.8, 4) is 0 Å². The van der Waals surface area contributed by atoms with Gasteiger partial charge in [-0.15, -0.1) is 0 Å². The Kier molecular flexibility index (Phi) is 5.62. The minimum absolute atomic E-state index is 0.00813. The van der Waals surface area contributed by atoms with E-state index in [9.17, 15) is 14.9 Å². The fraction of sp³-hybridized carbons (Fsp3) is 0.176. The van der Waals surface area contributed by atoms with Crippen molar-refractivity contribution in [2.75, 3.05) is 11.9 Å². The summed E-state index contributed by atoms with van der Waals surface area (Å²) in [6.45, 7) is 4.13. The highest BCUT2D eigenvalue weighted by atomic mass is 16.6. The van der Waals surface area contributed by atoms with Gasteiger partial charge in [-0.1, -0.05) is 6.07 Å². The van der Waals surface area contributed by atoms with Gasteiger partial charge in [-0.25, -0.2) is 5.43 Å². The lowest BCUT2D eigenvalue weighted by Gasteiger charge is -2.07. The molecule has 0 aliphatic heterocycles. The smallest absolute Gasteiger partial charge is 0.269 e. The number of aryl methyl sites for hydroxylation is 2. The van der Waals surface area contributed by atoms with Crippen LogP contribution in [0.1, 0.15) is 16.7 Å². The van der Waals surface area contributed by atoms with E-state index in [0.29, 0.717) is 5.56 Å². The van der Waals surface area contributed by atoms with Crippen LogP contribution >= 0.6 is 0 Å². The minimum atomic E-state index is -0.471. The lowest BCUT2D eigenvalue weighted by Crippen LogP contribution is -2.25. The van der Waals surface area contributed by atoms with Gasteiger partial charge >= 0.3 is 0 Å². The van der Waals surface area contributed by atoms with Crippen molar-refractivity contribution in [1.29, 1.82) is 0 Å². The molecule has 0 fully saturated rings. The van der Waals surface area contributed by atoms with Crippen LogP contribution in [-0.2, 0) is 4.79 Å². The van der Waals surface area contributed by atoms with Crippen molar-refractivity contribution < 1.29 is 9.72 Å². The Hall–Kier alpha value is -3.22. The maximum atomic E-state index is 11.7. The Morgan fingerprint density at radius 3 is 2.50 bits per heavy atom. The number of benzene rings is 2. The van der Waals surface area contributed by atoms with Crippen LogP contribution in [0.4, 0.5) is 11.4 Å². The summed E-state index contributed by atoms with van der Waals surface area (Å²) in [4.78, 5) is 21.8. The molecule has 0 unspecified atom stereocenters. The number of anilines is 1. The highest BCUT2D eigenvalue weighted by molar-refractivity contribution is 5.84. The summed E-state index contributed by atoms with van der Waals surface area (Å²) < 4.78 is 0. The number of nitro benzene ring substituents is 1. The van der Waals surface area contributed by atoms with Gasteiger partial charge in [0, 0.05) is 17.8 Å². The van der Waals surface area contributed by atoms with Crippen LogP contribution in [0.2, 0.25) is 0 Å². The van der Waals surface area contributed by atoms with Crippen molar-refractivity contribution in [2.45, 2.75) is 13.8 Å². The number of hydrogen-bond acceptors (Lipinski definition) is 5. The number of carbonyl (C=O) groups excluding carboxylic acids is 1. The predicted octanol–water partition coefficient (Wildman–Crippen LogP) is 2.77. The molecule has 0 bridgehead atoms. The number of hydrazone groups is 1.